The summed E-state index contributed by atoms with van der Waals surface area (Å²) in [6.45, 7) is 0. The number of nitrogens with zero attached hydrogens (tertiary/aromatic N) is 2. The molecule has 2 aliphatic heterocycles. The summed E-state index contributed by atoms with van der Waals surface area (Å²) >= 11 is 2.83. The van der Waals surface area contributed by atoms with E-state index in [9.17, 15) is 4.79 Å². The molecule has 1 atom stereocenters. The third-order valence-corrected chi connectivity index (χ3v) is 5.96. The van der Waals surface area contributed by atoms with Gasteiger partial charge in [-0.25, -0.2) is 4.98 Å². The van der Waals surface area contributed by atoms with Crippen LogP contribution < -0.4 is 15.4 Å². The fourth-order valence-corrected chi connectivity index (χ4v) is 4.48. The molecule has 0 fully saturated rings. The molecule has 6 nitrogen and oxygen atoms in total. The topological polar surface area (TPSA) is 76.1 Å². The molecule has 1 amide bonds. The van der Waals surface area contributed by atoms with E-state index in [0.717, 1.165) is 35.7 Å². The first-order valence-electron chi connectivity index (χ1n) is 8.05. The molecule has 0 saturated heterocycles. The van der Waals surface area contributed by atoms with Crippen LogP contribution in [0.1, 0.15) is 19.3 Å². The Bertz CT molecular complexity index is 832. The third-order valence-electron chi connectivity index (χ3n) is 4.29. The van der Waals surface area contributed by atoms with Crippen molar-refractivity contribution in [3.05, 3.63) is 34.4 Å². The summed E-state index contributed by atoms with van der Waals surface area (Å²) in [5, 5.41) is 7.82. The van der Waals surface area contributed by atoms with E-state index in [1.54, 1.807) is 7.11 Å². The summed E-state index contributed by atoms with van der Waals surface area (Å²) in [5.74, 6) is 0.449. The predicted molar refractivity (Wildman–Crippen MR) is 99.9 cm³/mol. The standard InChI is InChI=1S/C17H18N4O2S2/c1-23-15-12-16(21-17(20-15)24-2)25-13-11(18-12)8-10(19-14(13)22)9-6-4-3-5-7-9/h4,6-7,10,18H,3,5,8H2,1-2H3,(H,19,22). The summed E-state index contributed by atoms with van der Waals surface area (Å²) in [6.07, 6.45) is 11.2. The minimum absolute atomic E-state index is 0.00478. The average Bonchev–Trinajstić information content (AvgIpc) is 2.66. The van der Waals surface area contributed by atoms with E-state index in [1.165, 1.54) is 29.1 Å². The van der Waals surface area contributed by atoms with Gasteiger partial charge in [-0.1, -0.05) is 41.8 Å². The van der Waals surface area contributed by atoms with Gasteiger partial charge in [0.15, 0.2) is 5.16 Å². The summed E-state index contributed by atoms with van der Waals surface area (Å²) in [7, 11) is 1.59. The van der Waals surface area contributed by atoms with Crippen molar-refractivity contribution in [2.24, 2.45) is 0 Å². The molecule has 0 spiro atoms. The Kier molecular flexibility index (Phi) is 4.47. The Morgan fingerprint density at radius 2 is 2.24 bits per heavy atom. The second-order valence-corrected chi connectivity index (χ2v) is 7.62. The highest BCUT2D eigenvalue weighted by Gasteiger charge is 2.34. The van der Waals surface area contributed by atoms with E-state index in [2.05, 4.69) is 38.8 Å². The van der Waals surface area contributed by atoms with Crippen LogP contribution in [0.4, 0.5) is 5.69 Å². The van der Waals surface area contributed by atoms with Gasteiger partial charge in [0.05, 0.1) is 18.1 Å². The molecule has 8 heteroatoms. The molecule has 0 aromatic carbocycles. The fraction of sp³-hybridized carbons (Fsp3) is 0.353. The highest BCUT2D eigenvalue weighted by molar-refractivity contribution is 8.04. The van der Waals surface area contributed by atoms with Gasteiger partial charge in [0.25, 0.3) is 5.91 Å². The van der Waals surface area contributed by atoms with E-state index >= 15 is 0 Å². The summed E-state index contributed by atoms with van der Waals surface area (Å²) in [6, 6.07) is -0.00478. The minimum atomic E-state index is -0.0578. The number of hydrogen-bond acceptors (Lipinski definition) is 7. The number of hydrogen-bond donors (Lipinski definition) is 2. The van der Waals surface area contributed by atoms with E-state index in [-0.39, 0.29) is 11.9 Å². The number of methoxy groups -OCH3 is 1. The summed E-state index contributed by atoms with van der Waals surface area (Å²) in [4.78, 5) is 22.2. The largest absolute Gasteiger partial charge is 0.479 e. The summed E-state index contributed by atoms with van der Waals surface area (Å²) in [5.41, 5.74) is 2.82. The first kappa shape index (κ1) is 16.5. The van der Waals surface area contributed by atoms with E-state index in [0.29, 0.717) is 15.9 Å². The zero-order valence-electron chi connectivity index (χ0n) is 14.0. The van der Waals surface area contributed by atoms with Crippen LogP contribution in [0.3, 0.4) is 0 Å². The molecule has 0 bridgehead atoms. The molecule has 2 N–H and O–H groups in total. The van der Waals surface area contributed by atoms with Gasteiger partial charge < -0.3 is 15.4 Å². The quantitative estimate of drug-likeness (QED) is 0.478. The Morgan fingerprint density at radius 3 is 2.96 bits per heavy atom. The molecule has 1 aromatic heterocycles. The Labute approximate surface area is 154 Å². The molecule has 0 radical (unpaired) electrons. The van der Waals surface area contributed by atoms with E-state index in [4.69, 9.17) is 4.74 Å². The minimum Gasteiger partial charge on any atom is -0.479 e. The van der Waals surface area contributed by atoms with E-state index < -0.39 is 0 Å². The predicted octanol–water partition coefficient (Wildman–Crippen LogP) is 3.10. The summed E-state index contributed by atoms with van der Waals surface area (Å²) < 4.78 is 5.42. The van der Waals surface area contributed by atoms with Gasteiger partial charge in [-0.2, -0.15) is 4.98 Å². The number of anilines is 1. The van der Waals surface area contributed by atoms with Crippen molar-refractivity contribution in [3.63, 3.8) is 0 Å². The number of thioether (sulfide) groups is 2. The second-order valence-electron chi connectivity index (χ2n) is 5.85. The van der Waals surface area contributed by atoms with Crippen LogP contribution in [0.2, 0.25) is 0 Å². The van der Waals surface area contributed by atoms with Crippen molar-refractivity contribution >= 4 is 35.1 Å². The molecule has 1 aliphatic carbocycles. The van der Waals surface area contributed by atoms with Gasteiger partial charge in [-0.15, -0.1) is 0 Å². The number of aromatic nitrogens is 2. The van der Waals surface area contributed by atoms with Crippen LogP contribution >= 0.6 is 23.5 Å². The lowest BCUT2D eigenvalue weighted by molar-refractivity contribution is -0.117. The number of carbonyl (C=O) groups is 1. The zero-order chi connectivity index (χ0) is 17.4. The molecule has 130 valence electrons. The number of amides is 1. The van der Waals surface area contributed by atoms with Crippen LogP contribution in [0.25, 0.3) is 0 Å². The van der Waals surface area contributed by atoms with Crippen molar-refractivity contribution in [2.75, 3.05) is 18.7 Å². The Balaban J connectivity index is 1.67. The molecule has 4 rings (SSSR count). The smallest absolute Gasteiger partial charge is 0.260 e. The van der Waals surface area contributed by atoms with Crippen molar-refractivity contribution in [3.8, 4) is 5.88 Å². The van der Waals surface area contributed by atoms with Crippen LogP contribution in [0, 0.1) is 0 Å². The van der Waals surface area contributed by atoms with Gasteiger partial charge in [0.2, 0.25) is 5.88 Å². The normalized spacial score (nSPS) is 21.8. The maximum Gasteiger partial charge on any atom is 0.260 e. The molecular weight excluding hydrogens is 356 g/mol. The van der Waals surface area contributed by atoms with Crippen molar-refractivity contribution in [1.29, 1.82) is 0 Å². The van der Waals surface area contributed by atoms with Gasteiger partial charge in [-0.05, 0) is 24.7 Å². The number of carbonyl (C=O) groups excluding carboxylic acids is 1. The molecule has 25 heavy (non-hydrogen) atoms. The Morgan fingerprint density at radius 1 is 1.36 bits per heavy atom. The lowest BCUT2D eigenvalue weighted by Crippen LogP contribution is -2.42. The number of ether oxygens (including phenoxy) is 1. The van der Waals surface area contributed by atoms with Crippen molar-refractivity contribution < 1.29 is 9.53 Å². The SMILES string of the molecule is COc1nc(SC)nc2c1NC1=C(S2)C(=O)NC(C2=CCCC=C2)C1. The lowest BCUT2D eigenvalue weighted by atomic mass is 9.94. The maximum absolute atomic E-state index is 12.6. The van der Waals surface area contributed by atoms with Crippen LogP contribution in [0.15, 0.2) is 44.6 Å². The van der Waals surface area contributed by atoms with Crippen LogP contribution in [0.5, 0.6) is 5.88 Å². The number of rotatable bonds is 3. The monoisotopic (exact) mass is 374 g/mol. The van der Waals surface area contributed by atoms with Gasteiger partial charge in [-0.3, -0.25) is 4.79 Å². The highest BCUT2D eigenvalue weighted by Crippen LogP contribution is 2.45. The number of fused-ring (bicyclic) bond motifs is 1. The zero-order valence-corrected chi connectivity index (χ0v) is 15.6. The molecule has 3 aliphatic rings. The molecule has 1 unspecified atom stereocenters. The number of allylic oxidation sites excluding steroid dienone is 2. The van der Waals surface area contributed by atoms with Gasteiger partial charge >= 0.3 is 0 Å². The van der Waals surface area contributed by atoms with Crippen molar-refractivity contribution in [1.82, 2.24) is 15.3 Å². The molecular formula is C17H18N4O2S2. The highest BCUT2D eigenvalue weighted by atomic mass is 32.2. The first-order valence-corrected chi connectivity index (χ1v) is 10.1. The van der Waals surface area contributed by atoms with Crippen LogP contribution in [-0.4, -0.2) is 35.3 Å². The third kappa shape index (κ3) is 3.04. The molecule has 0 saturated carbocycles. The first-order chi connectivity index (χ1) is 12.2. The molecule has 3 heterocycles. The van der Waals surface area contributed by atoms with Crippen molar-refractivity contribution in [2.45, 2.75) is 35.5 Å². The van der Waals surface area contributed by atoms with Crippen LogP contribution in [-0.2, 0) is 4.79 Å². The maximum atomic E-state index is 12.6. The average molecular weight is 374 g/mol. The second kappa shape index (κ2) is 6.76. The fourth-order valence-electron chi connectivity index (χ4n) is 3.09. The Hall–Kier alpha value is -1.93. The lowest BCUT2D eigenvalue weighted by Gasteiger charge is -2.32. The van der Waals surface area contributed by atoms with Gasteiger partial charge in [0.1, 0.15) is 10.7 Å². The molecule has 1 aromatic rings. The number of nitrogens with one attached hydrogen (secondary N) is 2. The van der Waals surface area contributed by atoms with E-state index in [1.807, 2.05) is 6.26 Å². The van der Waals surface area contributed by atoms with Gasteiger partial charge in [0, 0.05) is 12.1 Å².